The maximum Gasteiger partial charge on any atom is 0.0567 e. The second-order valence-corrected chi connectivity index (χ2v) is 22.6. The Labute approximate surface area is 424 Å². The lowest BCUT2D eigenvalue weighted by Crippen LogP contribution is -2.43. The quantitative estimate of drug-likeness (QED) is 0.153. The van der Waals surface area contributed by atoms with Gasteiger partial charge in [0.25, 0.3) is 0 Å². The molecule has 2 aliphatic carbocycles. The monoisotopic (exact) mass is 928 g/mol. The van der Waals surface area contributed by atoms with Gasteiger partial charge in [-0.1, -0.05) is 213 Å². The van der Waals surface area contributed by atoms with Crippen molar-refractivity contribution in [2.45, 2.75) is 77.0 Å². The Bertz CT molecular complexity index is 4020. The molecule has 13 rings (SSSR count). The number of hydrogen-bond acceptors (Lipinski definition) is 2. The van der Waals surface area contributed by atoms with Gasteiger partial charge in [-0.3, -0.25) is 0 Å². The standard InChI is InChI=1S/C70H60N2/c1-67(2)61-27-17-15-25-57(61)59-42-53(35-37-63(59)69(67,5)6)71(51-33-31-45-19-9-11-22-48(45)39-51)55-41-50-30-29-47-21-13-14-24-56(47)66(50)65(44-55)72(52-34-32-46-20-10-12-23-49(46)40-52)54-36-38-64-60(43-54)58-26-16-18-28-62(58)68(3,4)70(64,7)8/h9-44H,1-8H3. The maximum absolute atomic E-state index is 2.55. The first-order valence-electron chi connectivity index (χ1n) is 25.7. The Morgan fingerprint density at radius 1 is 0.250 bits per heavy atom. The molecule has 0 fully saturated rings. The van der Waals surface area contributed by atoms with Gasteiger partial charge in [0.2, 0.25) is 0 Å². The van der Waals surface area contributed by atoms with Gasteiger partial charge in [0.15, 0.2) is 0 Å². The SMILES string of the molecule is CC1(C)c2ccccc2-c2cc(N(c3ccc4ccccc4c3)c3cc(N(c4ccc5c(c4)-c4ccccc4C(C)(C)C5(C)C)c4ccc5ccccc5c4)c4c(ccc5ccccc54)c3)ccc2C1(C)C. The summed E-state index contributed by atoms with van der Waals surface area (Å²) in [6.45, 7) is 19.3. The molecule has 0 N–H and O–H groups in total. The second-order valence-electron chi connectivity index (χ2n) is 22.6. The normalized spacial score (nSPS) is 15.7. The molecule has 0 aromatic heterocycles. The summed E-state index contributed by atoms with van der Waals surface area (Å²) in [5.41, 5.74) is 17.0. The van der Waals surface area contributed by atoms with Crippen LogP contribution in [0, 0.1) is 0 Å². The van der Waals surface area contributed by atoms with Crippen LogP contribution in [0.3, 0.4) is 0 Å². The van der Waals surface area contributed by atoms with Crippen molar-refractivity contribution in [2.24, 2.45) is 0 Å². The Balaban J connectivity index is 1.12. The fourth-order valence-electron chi connectivity index (χ4n) is 12.7. The van der Waals surface area contributed by atoms with Crippen molar-refractivity contribution in [1.29, 1.82) is 0 Å². The molecule has 0 bridgehead atoms. The highest BCUT2D eigenvalue weighted by molar-refractivity contribution is 6.17. The highest BCUT2D eigenvalue weighted by Crippen LogP contribution is 2.57. The molecule has 0 heterocycles. The van der Waals surface area contributed by atoms with Crippen LogP contribution in [0.2, 0.25) is 0 Å². The van der Waals surface area contributed by atoms with Gasteiger partial charge >= 0.3 is 0 Å². The van der Waals surface area contributed by atoms with E-state index in [1.165, 1.54) is 87.6 Å². The summed E-state index contributed by atoms with van der Waals surface area (Å²) in [4.78, 5) is 5.05. The average molecular weight is 929 g/mol. The van der Waals surface area contributed by atoms with E-state index in [-0.39, 0.29) is 21.7 Å². The van der Waals surface area contributed by atoms with E-state index in [9.17, 15) is 0 Å². The topological polar surface area (TPSA) is 6.48 Å². The zero-order valence-electron chi connectivity index (χ0n) is 42.7. The van der Waals surface area contributed by atoms with Crippen molar-refractivity contribution in [3.8, 4) is 22.3 Å². The van der Waals surface area contributed by atoms with Gasteiger partial charge in [0.05, 0.1) is 5.69 Å². The Hall–Kier alpha value is -7.94. The number of hydrogen-bond donors (Lipinski definition) is 0. The first kappa shape index (κ1) is 44.0. The van der Waals surface area contributed by atoms with E-state index in [0.29, 0.717) is 0 Å². The Kier molecular flexibility index (Phi) is 9.65. The fraction of sp³-hybridized carbons (Fsp3) is 0.171. The minimum absolute atomic E-state index is 0.0664. The van der Waals surface area contributed by atoms with Crippen molar-refractivity contribution in [1.82, 2.24) is 0 Å². The summed E-state index contributed by atoms with van der Waals surface area (Å²) in [5.74, 6) is 0. The number of rotatable bonds is 6. The predicted octanol–water partition coefficient (Wildman–Crippen LogP) is 19.7. The van der Waals surface area contributed by atoms with Crippen LogP contribution >= 0.6 is 0 Å². The van der Waals surface area contributed by atoms with Crippen LogP contribution in [-0.4, -0.2) is 0 Å². The Morgan fingerprint density at radius 3 is 1.15 bits per heavy atom. The van der Waals surface area contributed by atoms with Gasteiger partial charge in [-0.05, 0) is 165 Å². The molecule has 72 heavy (non-hydrogen) atoms. The zero-order valence-corrected chi connectivity index (χ0v) is 42.7. The highest BCUT2D eigenvalue weighted by Gasteiger charge is 2.47. The molecule has 350 valence electrons. The van der Waals surface area contributed by atoms with Crippen LogP contribution in [0.25, 0.3) is 65.3 Å². The molecule has 0 aliphatic heterocycles. The molecule has 11 aromatic rings. The van der Waals surface area contributed by atoms with Gasteiger partial charge in [0.1, 0.15) is 0 Å². The van der Waals surface area contributed by atoms with E-state index in [4.69, 9.17) is 0 Å². The van der Waals surface area contributed by atoms with Crippen LogP contribution in [0.1, 0.15) is 77.6 Å². The molecule has 0 amide bonds. The minimum atomic E-state index is -0.119. The highest BCUT2D eigenvalue weighted by atomic mass is 15.2. The molecule has 11 aromatic carbocycles. The molecule has 2 heteroatoms. The van der Waals surface area contributed by atoms with Gasteiger partial charge in [0, 0.05) is 33.8 Å². The van der Waals surface area contributed by atoms with E-state index < -0.39 is 0 Å². The molecule has 0 unspecified atom stereocenters. The predicted molar refractivity (Wildman–Crippen MR) is 309 cm³/mol. The summed E-state index contributed by atoms with van der Waals surface area (Å²) < 4.78 is 0. The zero-order chi connectivity index (χ0) is 49.3. The lowest BCUT2D eigenvalue weighted by Gasteiger charge is -2.48. The summed E-state index contributed by atoms with van der Waals surface area (Å²) in [5, 5.41) is 9.68. The molecule has 0 radical (unpaired) electrons. The lowest BCUT2D eigenvalue weighted by atomic mass is 9.55. The lowest BCUT2D eigenvalue weighted by molar-refractivity contribution is 0.299. The third kappa shape index (κ3) is 6.41. The fourth-order valence-corrected chi connectivity index (χ4v) is 12.7. The first-order valence-corrected chi connectivity index (χ1v) is 25.7. The molecule has 0 spiro atoms. The van der Waals surface area contributed by atoms with E-state index in [0.717, 1.165) is 34.1 Å². The second kappa shape index (κ2) is 15.8. The van der Waals surface area contributed by atoms with Crippen molar-refractivity contribution >= 4 is 77.2 Å². The van der Waals surface area contributed by atoms with E-state index in [1.54, 1.807) is 0 Å². The molecular formula is C70H60N2. The van der Waals surface area contributed by atoms with Crippen molar-refractivity contribution in [3.05, 3.63) is 241 Å². The molecule has 0 saturated carbocycles. The van der Waals surface area contributed by atoms with E-state index in [2.05, 4.69) is 284 Å². The molecule has 0 atom stereocenters. The smallest absolute Gasteiger partial charge is 0.0567 e. The van der Waals surface area contributed by atoms with Crippen LogP contribution in [0.4, 0.5) is 34.1 Å². The van der Waals surface area contributed by atoms with Crippen molar-refractivity contribution in [2.75, 3.05) is 9.80 Å². The van der Waals surface area contributed by atoms with Gasteiger partial charge in [-0.2, -0.15) is 0 Å². The number of anilines is 6. The first-order chi connectivity index (χ1) is 34.7. The molecule has 2 nitrogen and oxygen atoms in total. The van der Waals surface area contributed by atoms with Gasteiger partial charge in [-0.15, -0.1) is 0 Å². The molecule has 0 saturated heterocycles. The van der Waals surface area contributed by atoms with Crippen molar-refractivity contribution < 1.29 is 0 Å². The van der Waals surface area contributed by atoms with E-state index >= 15 is 0 Å². The molecule has 2 aliphatic rings. The summed E-state index contributed by atoms with van der Waals surface area (Å²) in [6.07, 6.45) is 0. The summed E-state index contributed by atoms with van der Waals surface area (Å²) in [7, 11) is 0. The van der Waals surface area contributed by atoms with Crippen LogP contribution < -0.4 is 9.80 Å². The van der Waals surface area contributed by atoms with E-state index in [1.807, 2.05) is 0 Å². The molecular weight excluding hydrogens is 869 g/mol. The van der Waals surface area contributed by atoms with Gasteiger partial charge < -0.3 is 9.80 Å². The number of benzene rings is 11. The number of nitrogens with zero attached hydrogens (tertiary/aromatic N) is 2. The van der Waals surface area contributed by atoms with Crippen molar-refractivity contribution in [3.63, 3.8) is 0 Å². The largest absolute Gasteiger partial charge is 0.310 e. The maximum atomic E-state index is 2.55. The third-order valence-electron chi connectivity index (χ3n) is 18.1. The summed E-state index contributed by atoms with van der Waals surface area (Å²) in [6, 6.07) is 82.6. The third-order valence-corrected chi connectivity index (χ3v) is 18.1. The number of fused-ring (bicyclic) bond motifs is 11. The Morgan fingerprint density at radius 2 is 0.611 bits per heavy atom. The van der Waals surface area contributed by atoms with Crippen LogP contribution in [0.15, 0.2) is 218 Å². The van der Waals surface area contributed by atoms with Crippen LogP contribution in [0.5, 0.6) is 0 Å². The minimum Gasteiger partial charge on any atom is -0.310 e. The summed E-state index contributed by atoms with van der Waals surface area (Å²) >= 11 is 0. The average Bonchev–Trinajstić information content (AvgIpc) is 3.40. The van der Waals surface area contributed by atoms with Crippen LogP contribution in [-0.2, 0) is 21.7 Å². The van der Waals surface area contributed by atoms with Gasteiger partial charge in [-0.25, -0.2) is 0 Å².